The van der Waals surface area contributed by atoms with Crippen molar-refractivity contribution in [2.24, 2.45) is 5.41 Å². The molecule has 1 aliphatic heterocycles. The molecule has 2 N–H and O–H groups in total. The first-order valence-electron chi connectivity index (χ1n) is 20.3. The number of anilines is 3. The lowest BCUT2D eigenvalue weighted by Crippen LogP contribution is -2.58. The van der Waals surface area contributed by atoms with Gasteiger partial charge >= 0.3 is 0 Å². The number of aryl methyl sites for hydroxylation is 3. The highest BCUT2D eigenvalue weighted by atomic mass is 127. The highest BCUT2D eigenvalue weighted by Gasteiger charge is 2.44. The van der Waals surface area contributed by atoms with Gasteiger partial charge in [0.25, 0.3) is 0 Å². The molecule has 0 aromatic heterocycles. The fourth-order valence-electron chi connectivity index (χ4n) is 5.30. The van der Waals surface area contributed by atoms with Crippen molar-refractivity contribution in [2.45, 2.75) is 61.3 Å². The van der Waals surface area contributed by atoms with Crippen LogP contribution in [0.5, 0.6) is 0 Å². The number of thiocarbonyl (C=S) groups is 1. The second-order valence-electron chi connectivity index (χ2n) is 15.0. The lowest BCUT2D eigenvalue weighted by atomic mass is 9.82. The van der Waals surface area contributed by atoms with Crippen molar-refractivity contribution in [3.8, 4) is 12.3 Å². The zero-order valence-electron chi connectivity index (χ0n) is 37.5. The smallest absolute Gasteiger partial charge is 0.234 e. The Hall–Kier alpha value is -4.23. The van der Waals surface area contributed by atoms with Crippen molar-refractivity contribution in [3.05, 3.63) is 190 Å². The molecule has 7 rings (SSSR count). The predicted molar refractivity (Wildman–Crippen MR) is 290 cm³/mol. The Morgan fingerprint density at radius 1 is 0.788 bits per heavy atom. The van der Waals surface area contributed by atoms with E-state index in [9.17, 15) is 22.8 Å². The number of rotatable bonds is 5. The number of hydrogen-bond acceptors (Lipinski definition) is 3. The summed E-state index contributed by atoms with van der Waals surface area (Å²) in [6.45, 7) is 14.0. The molecule has 1 aliphatic rings. The van der Waals surface area contributed by atoms with Crippen LogP contribution < -0.4 is 15.5 Å². The summed E-state index contributed by atoms with van der Waals surface area (Å²) in [7, 11) is 0. The highest BCUT2D eigenvalue weighted by Crippen LogP contribution is 2.35. The van der Waals surface area contributed by atoms with Crippen LogP contribution in [0.1, 0.15) is 63.3 Å². The molecule has 348 valence electrons. The summed E-state index contributed by atoms with van der Waals surface area (Å²) in [5.41, 5.74) is 6.08. The van der Waals surface area contributed by atoms with E-state index >= 15 is 0 Å². The molecule has 66 heavy (non-hydrogen) atoms. The summed E-state index contributed by atoms with van der Waals surface area (Å²) in [5.74, 6) is 1.64. The lowest BCUT2D eigenvalue weighted by molar-refractivity contribution is -0.132. The summed E-state index contributed by atoms with van der Waals surface area (Å²) in [5, 5.41) is 5.81. The predicted octanol–water partition coefficient (Wildman–Crippen LogP) is 16.6. The average molecular weight is 1200 g/mol. The molecule has 1 saturated heterocycles. The maximum absolute atomic E-state index is 12.7. The molecule has 0 spiro atoms. The van der Waals surface area contributed by atoms with E-state index in [1.807, 2.05) is 88.4 Å². The third-order valence-corrected chi connectivity index (χ3v) is 11.2. The van der Waals surface area contributed by atoms with Crippen LogP contribution in [-0.2, 0) is 16.0 Å². The van der Waals surface area contributed by atoms with Gasteiger partial charge in [0.2, 0.25) is 11.8 Å². The standard InChI is InChI=1S/C13H13NO.C9H9ClFNO.C8H8BrNS.C8H9Br.C7H6ClF.C7H6FI/c1-4-10-6-5-7-11(8-10)14-9-13(2,3)12(14)15;1-2-9(13)12-6-3-4-8(11)7(10)5-6;1-6(11)10-8-4-2-3-7(9)5-8;1-2-7-4-3-5-8(9)6-7;1-5-2-3-7(9)6(8)4-5;1-5-2-3-6(9)4-7(5)8/h1,5-8H,9H2,2-3H3;3-5H,2H2,1H3,(H,12,13);2-5H,1H3,(H,10,11);3-6H,2H2,1H3;2*2-4H,1H3. The first-order chi connectivity index (χ1) is 31.1. The Labute approximate surface area is 433 Å². The molecule has 0 radical (unpaired) electrons. The van der Waals surface area contributed by atoms with Gasteiger partial charge in [-0.1, -0.05) is 123 Å². The second-order valence-corrected chi connectivity index (χ2v) is 19.5. The summed E-state index contributed by atoms with van der Waals surface area (Å²) in [6, 6.07) is 37.7. The number of amides is 2. The molecule has 0 bridgehead atoms. The average Bonchev–Trinajstić information content (AvgIpc) is 3.27. The minimum atomic E-state index is -0.490. The van der Waals surface area contributed by atoms with Gasteiger partial charge in [-0.15, -0.1) is 6.42 Å². The molecule has 0 aliphatic carbocycles. The Bertz CT molecular complexity index is 2560. The zero-order valence-corrected chi connectivity index (χ0v) is 45.2. The van der Waals surface area contributed by atoms with Crippen molar-refractivity contribution in [3.63, 3.8) is 0 Å². The van der Waals surface area contributed by atoms with Crippen molar-refractivity contribution in [1.29, 1.82) is 0 Å². The second kappa shape index (κ2) is 29.5. The monoisotopic (exact) mass is 1190 g/mol. The van der Waals surface area contributed by atoms with Crippen LogP contribution in [-0.4, -0.2) is 23.3 Å². The zero-order chi connectivity index (χ0) is 49.6. The molecule has 0 saturated carbocycles. The third-order valence-electron chi connectivity index (χ3n) is 8.88. The van der Waals surface area contributed by atoms with E-state index in [1.165, 1.54) is 40.4 Å². The van der Waals surface area contributed by atoms with Gasteiger partial charge in [0.15, 0.2) is 0 Å². The van der Waals surface area contributed by atoms with Crippen LogP contribution in [0.25, 0.3) is 0 Å². The van der Waals surface area contributed by atoms with Crippen LogP contribution in [0.4, 0.5) is 30.2 Å². The quantitative estimate of drug-likeness (QED) is 0.0782. The van der Waals surface area contributed by atoms with Gasteiger partial charge in [0, 0.05) is 48.1 Å². The Kier molecular flexibility index (Phi) is 25.9. The molecule has 6 aromatic carbocycles. The lowest BCUT2D eigenvalue weighted by Gasteiger charge is -2.44. The van der Waals surface area contributed by atoms with Crippen LogP contribution in [0.3, 0.4) is 0 Å². The number of benzene rings is 6. The maximum Gasteiger partial charge on any atom is 0.234 e. The van der Waals surface area contributed by atoms with Crippen molar-refractivity contribution >= 4 is 124 Å². The normalized spacial score (nSPS) is 11.5. The van der Waals surface area contributed by atoms with E-state index in [4.69, 9.17) is 41.8 Å². The number of halogens is 8. The van der Waals surface area contributed by atoms with Crippen LogP contribution in [0, 0.1) is 52.6 Å². The number of terminal acetylenes is 1. The SMILES string of the molecule is C#Cc1cccc(N2CC(C)(C)C2=O)c1.CC(=S)Nc1cccc(Br)c1.CCC(=O)Nc1ccc(F)c(Cl)c1.CCc1cccc(Br)c1.Cc1ccc(F)c(Cl)c1.Cc1ccc(I)cc1F. The van der Waals surface area contributed by atoms with E-state index < -0.39 is 5.82 Å². The minimum absolute atomic E-state index is 0.00824. The Morgan fingerprint density at radius 3 is 1.85 bits per heavy atom. The van der Waals surface area contributed by atoms with Crippen LogP contribution >= 0.6 is 89.9 Å². The van der Waals surface area contributed by atoms with E-state index in [0.717, 1.165) is 48.5 Å². The summed E-state index contributed by atoms with van der Waals surface area (Å²) in [6.07, 6.45) is 6.81. The number of hydrogen-bond donors (Lipinski definition) is 2. The summed E-state index contributed by atoms with van der Waals surface area (Å²) >= 11 is 24.7. The van der Waals surface area contributed by atoms with Gasteiger partial charge in [0.1, 0.15) is 17.5 Å². The Balaban J connectivity index is 0.000000275. The van der Waals surface area contributed by atoms with Gasteiger partial charge in [-0.25, -0.2) is 13.2 Å². The van der Waals surface area contributed by atoms with Crippen molar-refractivity contribution < 1.29 is 22.8 Å². The molecule has 14 heteroatoms. The van der Waals surface area contributed by atoms with E-state index in [-0.39, 0.29) is 38.9 Å². The van der Waals surface area contributed by atoms with Gasteiger partial charge in [0.05, 0.1) is 20.4 Å². The molecule has 0 atom stereocenters. The molecule has 5 nitrogen and oxygen atoms in total. The topological polar surface area (TPSA) is 61.4 Å². The molecule has 6 aromatic rings. The number of β-lactam (4-membered cyclic amide) rings is 1. The molecular formula is C52H51Br2Cl2F3IN3O2S. The van der Waals surface area contributed by atoms with Crippen LogP contribution in [0.2, 0.25) is 10.0 Å². The van der Waals surface area contributed by atoms with Crippen LogP contribution in [0.15, 0.2) is 136 Å². The number of carbonyl (C=O) groups is 2. The van der Waals surface area contributed by atoms with E-state index in [0.29, 0.717) is 17.7 Å². The Morgan fingerprint density at radius 2 is 1.38 bits per heavy atom. The number of nitrogens with zero attached hydrogens (tertiary/aromatic N) is 1. The van der Waals surface area contributed by atoms with Crippen molar-refractivity contribution in [1.82, 2.24) is 0 Å². The summed E-state index contributed by atoms with van der Waals surface area (Å²) < 4.78 is 40.8. The largest absolute Gasteiger partial charge is 0.350 e. The molecule has 2 amide bonds. The van der Waals surface area contributed by atoms with E-state index in [2.05, 4.69) is 96.1 Å². The fraction of sp³-hybridized carbons (Fsp3) is 0.212. The molecular weight excluding hydrogens is 1150 g/mol. The van der Waals surface area contributed by atoms with Crippen molar-refractivity contribution in [2.75, 3.05) is 22.1 Å². The first-order valence-corrected chi connectivity index (χ1v) is 24.2. The molecule has 1 fully saturated rings. The van der Waals surface area contributed by atoms with E-state index in [1.54, 1.807) is 36.9 Å². The number of carbonyl (C=O) groups excluding carboxylic acids is 2. The van der Waals surface area contributed by atoms with Gasteiger partial charge < -0.3 is 15.5 Å². The van der Waals surface area contributed by atoms with Gasteiger partial charge in [-0.2, -0.15) is 0 Å². The fourth-order valence-corrected chi connectivity index (χ4v) is 7.13. The first kappa shape index (κ1) is 57.9. The van der Waals surface area contributed by atoms with Gasteiger partial charge in [-0.3, -0.25) is 9.59 Å². The highest BCUT2D eigenvalue weighted by molar-refractivity contribution is 14.1. The third kappa shape index (κ3) is 21.6. The van der Waals surface area contributed by atoms with Gasteiger partial charge in [-0.05, 0) is 171 Å². The molecule has 1 heterocycles. The maximum atomic E-state index is 12.7. The minimum Gasteiger partial charge on any atom is -0.350 e. The summed E-state index contributed by atoms with van der Waals surface area (Å²) in [4.78, 5) is 25.2. The molecule has 0 unspecified atom stereocenters. The number of nitrogens with one attached hydrogen (secondary N) is 2.